The second-order valence-corrected chi connectivity index (χ2v) is 5.22. The third-order valence-corrected chi connectivity index (χ3v) is 4.04. The van der Waals surface area contributed by atoms with Crippen molar-refractivity contribution in [1.82, 2.24) is 0 Å². The molecule has 0 aromatic carbocycles. The van der Waals surface area contributed by atoms with Crippen LogP contribution in [0.25, 0.3) is 0 Å². The molecule has 1 aromatic rings. The molecule has 1 heterocycles. The van der Waals surface area contributed by atoms with Crippen molar-refractivity contribution in [3.8, 4) is 0 Å². The second kappa shape index (κ2) is 4.97. The molecule has 0 aliphatic heterocycles. The third-order valence-electron chi connectivity index (χ3n) is 3.11. The first kappa shape index (κ1) is 11.6. The van der Waals surface area contributed by atoms with Gasteiger partial charge in [-0.25, -0.2) is 4.79 Å². The van der Waals surface area contributed by atoms with E-state index in [0.29, 0.717) is 19.4 Å². The zero-order chi connectivity index (χ0) is 11.4. The lowest BCUT2D eigenvalue weighted by molar-refractivity contribution is -0.165. The van der Waals surface area contributed by atoms with Gasteiger partial charge in [0.1, 0.15) is 0 Å². The van der Waals surface area contributed by atoms with E-state index in [1.807, 2.05) is 11.4 Å². The van der Waals surface area contributed by atoms with Gasteiger partial charge >= 0.3 is 5.97 Å². The molecule has 1 saturated carbocycles. The summed E-state index contributed by atoms with van der Waals surface area (Å²) < 4.78 is 5.63. The Hall–Kier alpha value is -0.870. The van der Waals surface area contributed by atoms with Gasteiger partial charge in [-0.15, -0.1) is 11.3 Å². The lowest BCUT2D eigenvalue weighted by Crippen LogP contribution is -2.39. The van der Waals surface area contributed by atoms with Crippen molar-refractivity contribution < 1.29 is 14.6 Å². The second-order valence-electron chi connectivity index (χ2n) is 4.18. The topological polar surface area (TPSA) is 46.5 Å². The molecule has 2 rings (SSSR count). The van der Waals surface area contributed by atoms with Gasteiger partial charge in [-0.1, -0.05) is 6.07 Å². The smallest absolute Gasteiger partial charge is 0.335 e. The fourth-order valence-electron chi connectivity index (χ4n) is 2.17. The Balaban J connectivity index is 1.85. The SMILES string of the molecule is O=C(O)C1(OCCc2cccs2)CCCC1. The molecule has 1 fully saturated rings. The van der Waals surface area contributed by atoms with Gasteiger partial charge in [0.05, 0.1) is 6.61 Å². The fraction of sp³-hybridized carbons (Fsp3) is 0.583. The summed E-state index contributed by atoms with van der Waals surface area (Å²) in [4.78, 5) is 12.4. The number of hydrogen-bond acceptors (Lipinski definition) is 3. The van der Waals surface area contributed by atoms with Crippen molar-refractivity contribution in [2.45, 2.75) is 37.7 Å². The Morgan fingerprint density at radius 2 is 2.25 bits per heavy atom. The largest absolute Gasteiger partial charge is 0.479 e. The molecular weight excluding hydrogens is 224 g/mol. The van der Waals surface area contributed by atoms with E-state index >= 15 is 0 Å². The maximum atomic E-state index is 11.2. The van der Waals surface area contributed by atoms with Gasteiger partial charge in [-0.05, 0) is 37.1 Å². The summed E-state index contributed by atoms with van der Waals surface area (Å²) in [5.41, 5.74) is -0.892. The Labute approximate surface area is 99.1 Å². The number of aliphatic carboxylic acids is 1. The molecule has 4 heteroatoms. The Morgan fingerprint density at radius 3 is 2.81 bits per heavy atom. The molecule has 0 atom stereocenters. The summed E-state index contributed by atoms with van der Waals surface area (Å²) in [6.07, 6.45) is 4.06. The molecule has 0 saturated heterocycles. The Kier molecular flexibility index (Phi) is 3.61. The van der Waals surface area contributed by atoms with Crippen LogP contribution in [-0.4, -0.2) is 23.3 Å². The molecule has 0 unspecified atom stereocenters. The van der Waals surface area contributed by atoms with Gasteiger partial charge in [-0.3, -0.25) is 0 Å². The van der Waals surface area contributed by atoms with E-state index in [1.165, 1.54) is 4.88 Å². The highest BCUT2D eigenvalue weighted by molar-refractivity contribution is 7.09. The van der Waals surface area contributed by atoms with Crippen molar-refractivity contribution >= 4 is 17.3 Å². The number of carboxylic acid groups (broad SMARTS) is 1. The number of carboxylic acids is 1. The Bertz CT molecular complexity index is 339. The maximum absolute atomic E-state index is 11.2. The highest BCUT2D eigenvalue weighted by atomic mass is 32.1. The minimum absolute atomic E-state index is 0.507. The van der Waals surface area contributed by atoms with Crippen LogP contribution in [0.5, 0.6) is 0 Å². The van der Waals surface area contributed by atoms with Crippen LogP contribution in [-0.2, 0) is 16.0 Å². The van der Waals surface area contributed by atoms with Gasteiger partial charge in [0, 0.05) is 11.3 Å². The molecule has 0 bridgehead atoms. The van der Waals surface area contributed by atoms with Gasteiger partial charge in [0.15, 0.2) is 5.60 Å². The summed E-state index contributed by atoms with van der Waals surface area (Å²) in [5.74, 6) is -0.795. The zero-order valence-corrected chi connectivity index (χ0v) is 9.96. The van der Waals surface area contributed by atoms with Gasteiger partial charge < -0.3 is 9.84 Å². The van der Waals surface area contributed by atoms with Crippen LogP contribution in [0.2, 0.25) is 0 Å². The van der Waals surface area contributed by atoms with E-state index in [2.05, 4.69) is 6.07 Å². The molecular formula is C12H16O3S. The molecule has 1 aliphatic carbocycles. The first-order valence-electron chi connectivity index (χ1n) is 5.63. The highest BCUT2D eigenvalue weighted by Gasteiger charge is 2.42. The van der Waals surface area contributed by atoms with Crippen LogP contribution < -0.4 is 0 Å². The van der Waals surface area contributed by atoms with Crippen LogP contribution in [0.1, 0.15) is 30.6 Å². The van der Waals surface area contributed by atoms with Crippen molar-refractivity contribution in [2.24, 2.45) is 0 Å². The number of carbonyl (C=O) groups is 1. The average Bonchev–Trinajstić information content (AvgIpc) is 2.88. The van der Waals surface area contributed by atoms with Crippen LogP contribution in [0.3, 0.4) is 0 Å². The standard InChI is InChI=1S/C12H16O3S/c13-11(14)12(6-1-2-7-12)15-8-5-10-4-3-9-16-10/h3-4,9H,1-2,5-8H2,(H,13,14). The summed E-state index contributed by atoms with van der Waals surface area (Å²) >= 11 is 1.69. The summed E-state index contributed by atoms with van der Waals surface area (Å²) in [5, 5.41) is 11.2. The summed E-state index contributed by atoms with van der Waals surface area (Å²) in [6, 6.07) is 4.05. The summed E-state index contributed by atoms with van der Waals surface area (Å²) in [7, 11) is 0. The number of thiophene rings is 1. The predicted octanol–water partition coefficient (Wildman–Crippen LogP) is 2.70. The van der Waals surface area contributed by atoms with Crippen molar-refractivity contribution in [2.75, 3.05) is 6.61 Å². The van der Waals surface area contributed by atoms with E-state index in [-0.39, 0.29) is 0 Å². The van der Waals surface area contributed by atoms with Crippen LogP contribution in [0.15, 0.2) is 17.5 Å². The first-order chi connectivity index (χ1) is 7.73. The average molecular weight is 240 g/mol. The molecule has 0 amide bonds. The van der Waals surface area contributed by atoms with Crippen LogP contribution >= 0.6 is 11.3 Å². The first-order valence-corrected chi connectivity index (χ1v) is 6.51. The fourth-order valence-corrected chi connectivity index (χ4v) is 2.86. The minimum Gasteiger partial charge on any atom is -0.479 e. The van der Waals surface area contributed by atoms with Gasteiger partial charge in [-0.2, -0.15) is 0 Å². The van der Waals surface area contributed by atoms with Crippen molar-refractivity contribution in [1.29, 1.82) is 0 Å². The Morgan fingerprint density at radius 1 is 1.50 bits per heavy atom. The van der Waals surface area contributed by atoms with Gasteiger partial charge in [0.2, 0.25) is 0 Å². The third kappa shape index (κ3) is 2.44. The quantitative estimate of drug-likeness (QED) is 0.860. The minimum atomic E-state index is -0.892. The maximum Gasteiger partial charge on any atom is 0.335 e. The zero-order valence-electron chi connectivity index (χ0n) is 9.15. The molecule has 16 heavy (non-hydrogen) atoms. The predicted molar refractivity (Wildman–Crippen MR) is 62.8 cm³/mol. The highest BCUT2D eigenvalue weighted by Crippen LogP contribution is 2.33. The lowest BCUT2D eigenvalue weighted by atomic mass is 10.0. The number of rotatable bonds is 5. The van der Waals surface area contributed by atoms with Crippen molar-refractivity contribution in [3.05, 3.63) is 22.4 Å². The monoisotopic (exact) mass is 240 g/mol. The normalized spacial score (nSPS) is 18.8. The van der Waals surface area contributed by atoms with E-state index in [4.69, 9.17) is 4.74 Å². The molecule has 0 radical (unpaired) electrons. The van der Waals surface area contributed by atoms with E-state index in [9.17, 15) is 9.90 Å². The van der Waals surface area contributed by atoms with E-state index < -0.39 is 11.6 Å². The van der Waals surface area contributed by atoms with Crippen molar-refractivity contribution in [3.63, 3.8) is 0 Å². The lowest BCUT2D eigenvalue weighted by Gasteiger charge is -2.24. The molecule has 0 spiro atoms. The summed E-state index contributed by atoms with van der Waals surface area (Å²) in [6.45, 7) is 0.507. The molecule has 1 N–H and O–H groups in total. The molecule has 1 aromatic heterocycles. The van der Waals surface area contributed by atoms with Gasteiger partial charge in [0.25, 0.3) is 0 Å². The molecule has 1 aliphatic rings. The molecule has 88 valence electrons. The van der Waals surface area contributed by atoms with E-state index in [1.54, 1.807) is 11.3 Å². The van der Waals surface area contributed by atoms with Crippen LogP contribution in [0.4, 0.5) is 0 Å². The number of ether oxygens (including phenoxy) is 1. The molecule has 3 nitrogen and oxygen atoms in total. The number of hydrogen-bond donors (Lipinski definition) is 1. The van der Waals surface area contributed by atoms with E-state index in [0.717, 1.165) is 19.3 Å². The van der Waals surface area contributed by atoms with Crippen LogP contribution in [0, 0.1) is 0 Å².